The van der Waals surface area contributed by atoms with Gasteiger partial charge in [0.2, 0.25) is 0 Å². The number of nitrogens with one attached hydrogen (secondary N) is 1. The van der Waals surface area contributed by atoms with Crippen molar-refractivity contribution < 1.29 is 4.79 Å². The van der Waals surface area contributed by atoms with Crippen LogP contribution in [0.15, 0.2) is 4.99 Å². The number of carbonyl (C=O) groups is 1. The van der Waals surface area contributed by atoms with Crippen LogP contribution >= 0.6 is 0 Å². The molecular formula is C11H21N3O. The molecule has 1 aliphatic carbocycles. The second-order valence-electron chi connectivity index (χ2n) is 4.28. The number of aliphatic imine (C=N–C) groups is 1. The number of carbonyl (C=O) groups excluding carboxylic acids is 1. The highest BCUT2D eigenvalue weighted by molar-refractivity contribution is 5.93. The Morgan fingerprint density at radius 2 is 2.07 bits per heavy atom. The molecule has 0 aliphatic heterocycles. The minimum absolute atomic E-state index is 0.175. The lowest BCUT2D eigenvalue weighted by Gasteiger charge is -2.21. The van der Waals surface area contributed by atoms with Gasteiger partial charge in [-0.2, -0.15) is 4.99 Å². The molecule has 0 aromatic heterocycles. The highest BCUT2D eigenvalue weighted by atomic mass is 16.1. The summed E-state index contributed by atoms with van der Waals surface area (Å²) in [6, 6.07) is 0. The van der Waals surface area contributed by atoms with E-state index in [-0.39, 0.29) is 5.91 Å². The highest BCUT2D eigenvalue weighted by Gasteiger charge is 2.12. The first kappa shape index (κ1) is 12.2. The molecule has 1 rings (SSSR count). The zero-order valence-corrected chi connectivity index (χ0v) is 9.46. The van der Waals surface area contributed by atoms with Crippen LogP contribution in [0.1, 0.15) is 39.0 Å². The van der Waals surface area contributed by atoms with Crippen LogP contribution in [-0.4, -0.2) is 24.8 Å². The zero-order valence-electron chi connectivity index (χ0n) is 9.46. The first-order valence-corrected chi connectivity index (χ1v) is 5.73. The number of rotatable bonds is 4. The quantitative estimate of drug-likeness (QED) is 0.539. The molecule has 0 spiro atoms. The van der Waals surface area contributed by atoms with Crippen molar-refractivity contribution >= 4 is 11.7 Å². The van der Waals surface area contributed by atoms with E-state index in [4.69, 9.17) is 5.73 Å². The lowest BCUT2D eigenvalue weighted by Crippen LogP contribution is -2.29. The monoisotopic (exact) mass is 211 g/mol. The summed E-state index contributed by atoms with van der Waals surface area (Å²) in [6.45, 7) is 2.87. The van der Waals surface area contributed by atoms with Gasteiger partial charge in [0.15, 0.2) is 0 Å². The van der Waals surface area contributed by atoms with Gasteiger partial charge in [-0.05, 0) is 32.2 Å². The molecule has 0 bridgehead atoms. The molecule has 1 aliphatic rings. The Morgan fingerprint density at radius 3 is 2.67 bits per heavy atom. The molecule has 1 amide bonds. The Kier molecular flexibility index (Phi) is 5.32. The minimum Gasteiger partial charge on any atom is -0.387 e. The van der Waals surface area contributed by atoms with Crippen LogP contribution in [0.25, 0.3) is 0 Å². The molecule has 1 fully saturated rings. The van der Waals surface area contributed by atoms with Gasteiger partial charge in [-0.3, -0.25) is 4.79 Å². The van der Waals surface area contributed by atoms with E-state index in [1.165, 1.54) is 32.1 Å². The van der Waals surface area contributed by atoms with Gasteiger partial charge >= 0.3 is 0 Å². The average molecular weight is 211 g/mol. The van der Waals surface area contributed by atoms with Gasteiger partial charge in [0.25, 0.3) is 5.91 Å². The fourth-order valence-corrected chi connectivity index (χ4v) is 2.01. The summed E-state index contributed by atoms with van der Waals surface area (Å²) in [5.41, 5.74) is 5.31. The molecule has 1 saturated carbocycles. The fraction of sp³-hybridized carbons (Fsp3) is 0.818. The average Bonchev–Trinajstić information content (AvgIpc) is 2.18. The van der Waals surface area contributed by atoms with Crippen molar-refractivity contribution in [3.8, 4) is 0 Å². The number of hydrogen-bond acceptors (Lipinski definition) is 2. The van der Waals surface area contributed by atoms with Crippen molar-refractivity contribution in [2.75, 3.05) is 13.1 Å². The molecule has 0 aromatic rings. The lowest BCUT2D eigenvalue weighted by atomic mass is 9.89. The summed E-state index contributed by atoms with van der Waals surface area (Å²) < 4.78 is 0. The lowest BCUT2D eigenvalue weighted by molar-refractivity contribution is -0.117. The van der Waals surface area contributed by atoms with Crippen LogP contribution < -0.4 is 11.1 Å². The van der Waals surface area contributed by atoms with Crippen molar-refractivity contribution in [1.82, 2.24) is 5.32 Å². The third-order valence-corrected chi connectivity index (χ3v) is 2.74. The Labute approximate surface area is 91.3 Å². The maximum Gasteiger partial charge on any atom is 0.261 e. The summed E-state index contributed by atoms with van der Waals surface area (Å²) in [7, 11) is 0. The smallest absolute Gasteiger partial charge is 0.261 e. The fourth-order valence-electron chi connectivity index (χ4n) is 2.01. The molecule has 0 unspecified atom stereocenters. The van der Waals surface area contributed by atoms with Crippen LogP contribution in [0, 0.1) is 5.92 Å². The summed E-state index contributed by atoms with van der Waals surface area (Å²) >= 11 is 0. The summed E-state index contributed by atoms with van der Waals surface area (Å²) in [5, 5.41) is 3.15. The first-order chi connectivity index (χ1) is 7.18. The molecule has 0 heterocycles. The molecule has 3 N–H and O–H groups in total. The van der Waals surface area contributed by atoms with E-state index >= 15 is 0 Å². The number of hydrogen-bond donors (Lipinski definition) is 2. The largest absolute Gasteiger partial charge is 0.387 e. The van der Waals surface area contributed by atoms with Crippen LogP contribution in [0.3, 0.4) is 0 Å². The van der Waals surface area contributed by atoms with Gasteiger partial charge in [0.05, 0.1) is 12.4 Å². The van der Waals surface area contributed by atoms with Gasteiger partial charge in [0, 0.05) is 0 Å². The van der Waals surface area contributed by atoms with E-state index in [0.717, 1.165) is 12.5 Å². The summed E-state index contributed by atoms with van der Waals surface area (Å²) in [5.74, 6) is 0.903. The second kappa shape index (κ2) is 6.56. The van der Waals surface area contributed by atoms with Crippen LogP contribution in [0.2, 0.25) is 0 Å². The number of nitrogens with two attached hydrogens (primary N) is 1. The van der Waals surface area contributed by atoms with Crippen molar-refractivity contribution in [2.45, 2.75) is 39.0 Å². The van der Waals surface area contributed by atoms with Crippen LogP contribution in [-0.2, 0) is 4.79 Å². The molecule has 4 heteroatoms. The number of nitrogens with zero attached hydrogens (tertiary/aromatic N) is 1. The predicted molar refractivity (Wildman–Crippen MR) is 61.7 cm³/mol. The van der Waals surface area contributed by atoms with E-state index in [0.29, 0.717) is 12.4 Å². The van der Waals surface area contributed by atoms with E-state index < -0.39 is 0 Å². The minimum atomic E-state index is -0.175. The number of amides is 1. The molecule has 0 aromatic carbocycles. The zero-order chi connectivity index (χ0) is 11.1. The molecule has 0 radical (unpaired) electrons. The first-order valence-electron chi connectivity index (χ1n) is 5.73. The SMILES string of the molecule is CC(N)=NC(=O)CNCC1CCCCC1. The van der Waals surface area contributed by atoms with Gasteiger partial charge in [-0.25, -0.2) is 0 Å². The van der Waals surface area contributed by atoms with Crippen molar-refractivity contribution in [3.63, 3.8) is 0 Å². The number of amidine groups is 1. The normalized spacial score (nSPS) is 19.1. The molecule has 86 valence electrons. The highest BCUT2D eigenvalue weighted by Crippen LogP contribution is 2.22. The second-order valence-corrected chi connectivity index (χ2v) is 4.28. The van der Waals surface area contributed by atoms with Gasteiger partial charge < -0.3 is 11.1 Å². The molecule has 4 nitrogen and oxygen atoms in total. The Bertz CT molecular complexity index is 228. The maximum absolute atomic E-state index is 11.2. The molecule has 15 heavy (non-hydrogen) atoms. The molecular weight excluding hydrogens is 190 g/mol. The van der Waals surface area contributed by atoms with Crippen LogP contribution in [0.4, 0.5) is 0 Å². The van der Waals surface area contributed by atoms with E-state index in [1.54, 1.807) is 6.92 Å². The maximum atomic E-state index is 11.2. The summed E-state index contributed by atoms with van der Waals surface area (Å²) in [6.07, 6.45) is 6.62. The van der Waals surface area contributed by atoms with E-state index in [9.17, 15) is 4.79 Å². The Balaban J connectivity index is 2.10. The molecule has 0 atom stereocenters. The van der Waals surface area contributed by atoms with Crippen molar-refractivity contribution in [2.24, 2.45) is 16.6 Å². The van der Waals surface area contributed by atoms with Gasteiger partial charge in [-0.15, -0.1) is 0 Å². The van der Waals surface area contributed by atoms with E-state index in [1.807, 2.05) is 0 Å². The third kappa shape index (κ3) is 5.52. The van der Waals surface area contributed by atoms with Crippen molar-refractivity contribution in [3.05, 3.63) is 0 Å². The van der Waals surface area contributed by atoms with E-state index in [2.05, 4.69) is 10.3 Å². The van der Waals surface area contributed by atoms with Crippen LogP contribution in [0.5, 0.6) is 0 Å². The summed E-state index contributed by atoms with van der Waals surface area (Å²) in [4.78, 5) is 14.8. The third-order valence-electron chi connectivity index (χ3n) is 2.74. The Hall–Kier alpha value is -0.900. The predicted octanol–water partition coefficient (Wildman–Crippen LogP) is 1.06. The van der Waals surface area contributed by atoms with Gasteiger partial charge in [0.1, 0.15) is 0 Å². The van der Waals surface area contributed by atoms with Crippen molar-refractivity contribution in [1.29, 1.82) is 0 Å². The Morgan fingerprint density at radius 1 is 1.40 bits per heavy atom. The topological polar surface area (TPSA) is 67.5 Å². The molecule has 0 saturated heterocycles. The van der Waals surface area contributed by atoms with Gasteiger partial charge in [-0.1, -0.05) is 19.3 Å². The standard InChI is InChI=1S/C11H21N3O/c1-9(12)14-11(15)8-13-7-10-5-3-2-4-6-10/h10,13H,2-8H2,1H3,(H2,12,14,15).